The average Bonchev–Trinajstić information content (AvgIpc) is 2.26. The lowest BCUT2D eigenvalue weighted by Gasteiger charge is -2.11. The summed E-state index contributed by atoms with van der Waals surface area (Å²) in [7, 11) is 1.20. The fourth-order valence-electron chi connectivity index (χ4n) is 1.18. The van der Waals surface area contributed by atoms with E-state index in [-0.39, 0.29) is 0 Å². The molecule has 1 rings (SSSR count). The van der Waals surface area contributed by atoms with Gasteiger partial charge in [-0.15, -0.1) is 0 Å². The molecule has 0 bridgehead atoms. The largest absolute Gasteiger partial charge is 0.509 e. The number of hydrogen-bond acceptors (Lipinski definition) is 4. The van der Waals surface area contributed by atoms with Gasteiger partial charge in [0.05, 0.1) is 7.11 Å². The van der Waals surface area contributed by atoms with Crippen LogP contribution >= 0.6 is 0 Å². The van der Waals surface area contributed by atoms with E-state index in [1.807, 2.05) is 25.1 Å². The van der Waals surface area contributed by atoms with Gasteiger partial charge in [-0.25, -0.2) is 4.79 Å². The number of aryl methyl sites for hydroxylation is 1. The van der Waals surface area contributed by atoms with E-state index < -0.39 is 12.3 Å². The van der Waals surface area contributed by atoms with Crippen molar-refractivity contribution in [3.63, 3.8) is 0 Å². The zero-order valence-corrected chi connectivity index (χ0v) is 8.56. The van der Waals surface area contributed by atoms with Gasteiger partial charge in [-0.2, -0.15) is 5.26 Å². The lowest BCUT2D eigenvalue weighted by atomic mass is 10.0. The summed E-state index contributed by atoms with van der Waals surface area (Å²) in [6.45, 7) is 1.85. The van der Waals surface area contributed by atoms with Gasteiger partial charge in [-0.3, -0.25) is 0 Å². The first-order chi connectivity index (χ1) is 7.19. The van der Waals surface area contributed by atoms with Crippen LogP contribution in [0.2, 0.25) is 0 Å². The minimum atomic E-state index is -0.918. The monoisotopic (exact) mass is 205 g/mol. The number of carbonyl (C=O) groups excluding carboxylic acids is 1. The van der Waals surface area contributed by atoms with Crippen LogP contribution in [0.25, 0.3) is 0 Å². The van der Waals surface area contributed by atoms with Crippen molar-refractivity contribution < 1.29 is 14.3 Å². The second-order valence-electron chi connectivity index (χ2n) is 2.94. The zero-order valence-electron chi connectivity index (χ0n) is 8.56. The minimum absolute atomic E-state index is 0.672. The van der Waals surface area contributed by atoms with E-state index in [0.29, 0.717) is 5.56 Å². The summed E-state index contributed by atoms with van der Waals surface area (Å²) in [6, 6.07) is 9.13. The summed E-state index contributed by atoms with van der Waals surface area (Å²) in [5, 5.41) is 8.87. The van der Waals surface area contributed by atoms with Crippen molar-refractivity contribution in [2.24, 2.45) is 0 Å². The SMILES string of the molecule is COC(=O)OC(C#N)c1ccccc1C. The third-order valence-corrected chi connectivity index (χ3v) is 1.97. The van der Waals surface area contributed by atoms with E-state index in [4.69, 9.17) is 10.00 Å². The highest BCUT2D eigenvalue weighted by molar-refractivity contribution is 5.60. The molecule has 0 aliphatic rings. The van der Waals surface area contributed by atoms with Gasteiger partial charge in [-0.1, -0.05) is 24.3 Å². The Hall–Kier alpha value is -2.02. The van der Waals surface area contributed by atoms with Gasteiger partial charge >= 0.3 is 6.16 Å². The van der Waals surface area contributed by atoms with E-state index >= 15 is 0 Å². The van der Waals surface area contributed by atoms with Crippen LogP contribution in [0, 0.1) is 18.3 Å². The lowest BCUT2D eigenvalue weighted by molar-refractivity contribution is 0.0542. The van der Waals surface area contributed by atoms with Crippen LogP contribution in [0.5, 0.6) is 0 Å². The number of hydrogen-bond donors (Lipinski definition) is 0. The summed E-state index contributed by atoms with van der Waals surface area (Å²) in [5.41, 5.74) is 1.57. The van der Waals surface area contributed by atoms with Gasteiger partial charge in [0.25, 0.3) is 0 Å². The third kappa shape index (κ3) is 2.71. The smallest absolute Gasteiger partial charge is 0.438 e. The quantitative estimate of drug-likeness (QED) is 0.695. The molecule has 1 aromatic rings. The molecule has 0 aromatic heterocycles. The molecule has 0 heterocycles. The van der Waals surface area contributed by atoms with Gasteiger partial charge in [0, 0.05) is 5.56 Å². The molecule has 1 unspecified atom stereocenters. The normalized spacial score (nSPS) is 11.3. The van der Waals surface area contributed by atoms with Crippen molar-refractivity contribution in [2.45, 2.75) is 13.0 Å². The molecule has 1 aromatic carbocycles. The predicted octanol–water partition coefficient (Wildman–Crippen LogP) is 2.34. The Balaban J connectivity index is 2.89. The number of nitrogens with zero attached hydrogens (tertiary/aromatic N) is 1. The summed E-state index contributed by atoms with van der Waals surface area (Å²) in [4.78, 5) is 10.9. The van der Waals surface area contributed by atoms with Crippen LogP contribution in [0.4, 0.5) is 4.79 Å². The highest BCUT2D eigenvalue weighted by atomic mass is 16.7. The number of nitriles is 1. The van der Waals surface area contributed by atoms with Gasteiger partial charge in [-0.05, 0) is 12.5 Å². The van der Waals surface area contributed by atoms with Gasteiger partial charge in [0.1, 0.15) is 6.07 Å². The lowest BCUT2D eigenvalue weighted by Crippen LogP contribution is -2.10. The Kier molecular flexibility index (Phi) is 3.69. The molecule has 0 saturated carbocycles. The molecule has 4 nitrogen and oxygen atoms in total. The van der Waals surface area contributed by atoms with E-state index in [9.17, 15) is 4.79 Å². The molecule has 0 fully saturated rings. The van der Waals surface area contributed by atoms with Crippen molar-refractivity contribution in [1.29, 1.82) is 5.26 Å². The van der Waals surface area contributed by atoms with Crippen molar-refractivity contribution in [3.05, 3.63) is 35.4 Å². The van der Waals surface area contributed by atoms with Crippen LogP contribution in [-0.2, 0) is 9.47 Å². The van der Waals surface area contributed by atoms with Crippen LogP contribution in [0.15, 0.2) is 24.3 Å². The molecule has 0 aliphatic carbocycles. The number of rotatable bonds is 2. The second-order valence-corrected chi connectivity index (χ2v) is 2.94. The summed E-state index contributed by atoms with van der Waals surface area (Å²) >= 11 is 0. The Bertz CT molecular complexity index is 395. The van der Waals surface area contributed by atoms with Crippen molar-refractivity contribution in [3.8, 4) is 6.07 Å². The van der Waals surface area contributed by atoms with Gasteiger partial charge < -0.3 is 9.47 Å². The van der Waals surface area contributed by atoms with E-state index in [0.717, 1.165) is 5.56 Å². The molecule has 0 N–H and O–H groups in total. The van der Waals surface area contributed by atoms with Crippen molar-refractivity contribution in [2.75, 3.05) is 7.11 Å². The van der Waals surface area contributed by atoms with Crippen LogP contribution in [0.1, 0.15) is 17.2 Å². The molecule has 0 radical (unpaired) electrons. The fourth-order valence-corrected chi connectivity index (χ4v) is 1.18. The van der Waals surface area contributed by atoms with Crippen molar-refractivity contribution in [1.82, 2.24) is 0 Å². The fraction of sp³-hybridized carbons (Fsp3) is 0.273. The molecule has 1 atom stereocenters. The minimum Gasteiger partial charge on any atom is -0.438 e. The maximum absolute atomic E-state index is 10.9. The van der Waals surface area contributed by atoms with Crippen LogP contribution < -0.4 is 0 Å². The third-order valence-electron chi connectivity index (χ3n) is 1.97. The Labute approximate surface area is 88.0 Å². The predicted molar refractivity (Wildman–Crippen MR) is 53.0 cm³/mol. The first kappa shape index (κ1) is 11.1. The molecule has 0 saturated heterocycles. The van der Waals surface area contributed by atoms with E-state index in [1.54, 1.807) is 12.1 Å². The standard InChI is InChI=1S/C11H11NO3/c1-8-5-3-4-6-9(8)10(7-12)15-11(13)14-2/h3-6,10H,1-2H3. The number of benzene rings is 1. The van der Waals surface area contributed by atoms with Crippen LogP contribution in [0.3, 0.4) is 0 Å². The molecular formula is C11H11NO3. The molecule has 4 heteroatoms. The van der Waals surface area contributed by atoms with Gasteiger partial charge in [0.15, 0.2) is 0 Å². The summed E-state index contributed by atoms with van der Waals surface area (Å²) in [5.74, 6) is 0. The molecule has 78 valence electrons. The first-order valence-electron chi connectivity index (χ1n) is 4.38. The number of ether oxygens (including phenoxy) is 2. The van der Waals surface area contributed by atoms with Crippen LogP contribution in [-0.4, -0.2) is 13.3 Å². The maximum Gasteiger partial charge on any atom is 0.509 e. The molecule has 0 aliphatic heterocycles. The summed E-state index contributed by atoms with van der Waals surface area (Å²) < 4.78 is 9.13. The van der Waals surface area contributed by atoms with E-state index in [2.05, 4.69) is 4.74 Å². The van der Waals surface area contributed by atoms with Crippen molar-refractivity contribution >= 4 is 6.16 Å². The summed E-state index contributed by atoms with van der Waals surface area (Å²) in [6.07, 6.45) is -1.77. The second kappa shape index (κ2) is 5.01. The van der Waals surface area contributed by atoms with E-state index in [1.165, 1.54) is 7.11 Å². The first-order valence-corrected chi connectivity index (χ1v) is 4.38. The highest BCUT2D eigenvalue weighted by Gasteiger charge is 2.17. The molecular weight excluding hydrogens is 194 g/mol. The number of methoxy groups -OCH3 is 1. The maximum atomic E-state index is 10.9. The molecule has 15 heavy (non-hydrogen) atoms. The van der Waals surface area contributed by atoms with Gasteiger partial charge in [0.2, 0.25) is 6.10 Å². The topological polar surface area (TPSA) is 59.3 Å². The molecule has 0 spiro atoms. The highest BCUT2D eigenvalue weighted by Crippen LogP contribution is 2.20. The molecule has 0 amide bonds. The number of carbonyl (C=O) groups is 1. The zero-order chi connectivity index (χ0) is 11.3. The Morgan fingerprint density at radius 1 is 1.47 bits per heavy atom. The Morgan fingerprint density at radius 2 is 2.13 bits per heavy atom. The Morgan fingerprint density at radius 3 is 2.67 bits per heavy atom. The average molecular weight is 205 g/mol.